The molecule has 0 bridgehead atoms. The number of aliphatic hydroxyl groups excluding tert-OH is 1. The lowest BCUT2D eigenvalue weighted by atomic mass is 10.0. The molecule has 0 fully saturated rings. The van der Waals surface area contributed by atoms with Crippen LogP contribution in [0.5, 0.6) is 5.75 Å². The van der Waals surface area contributed by atoms with Gasteiger partial charge in [-0.2, -0.15) is 0 Å². The number of halogens is 1. The van der Waals surface area contributed by atoms with Gasteiger partial charge in [0.15, 0.2) is 0 Å². The van der Waals surface area contributed by atoms with E-state index < -0.39 is 6.10 Å². The van der Waals surface area contributed by atoms with Gasteiger partial charge in [-0.25, -0.2) is 0 Å². The summed E-state index contributed by atoms with van der Waals surface area (Å²) in [5, 5.41) is 9.95. The minimum Gasteiger partial charge on any atom is -0.496 e. The SMILES string of the molecule is CCOC(C)C(O)Cc1ccc(OC)c(Br)c1. The molecule has 0 saturated carbocycles. The summed E-state index contributed by atoms with van der Waals surface area (Å²) in [6, 6.07) is 5.80. The molecule has 0 aromatic heterocycles. The van der Waals surface area contributed by atoms with Crippen LogP contribution in [0.2, 0.25) is 0 Å². The summed E-state index contributed by atoms with van der Waals surface area (Å²) in [4.78, 5) is 0. The molecule has 1 N–H and O–H groups in total. The molecule has 17 heavy (non-hydrogen) atoms. The maximum Gasteiger partial charge on any atom is 0.133 e. The van der Waals surface area contributed by atoms with E-state index in [4.69, 9.17) is 9.47 Å². The van der Waals surface area contributed by atoms with Gasteiger partial charge in [0, 0.05) is 13.0 Å². The predicted octanol–water partition coefficient (Wildman–Crippen LogP) is 2.79. The number of hydrogen-bond acceptors (Lipinski definition) is 3. The van der Waals surface area contributed by atoms with E-state index in [1.54, 1.807) is 7.11 Å². The number of rotatable bonds is 6. The van der Waals surface area contributed by atoms with Crippen molar-refractivity contribution in [1.82, 2.24) is 0 Å². The maximum absolute atomic E-state index is 9.95. The minimum absolute atomic E-state index is 0.152. The normalized spacial score (nSPS) is 14.4. The van der Waals surface area contributed by atoms with Crippen LogP contribution in [0, 0.1) is 0 Å². The molecule has 0 amide bonds. The fourth-order valence-electron chi connectivity index (χ4n) is 1.62. The van der Waals surface area contributed by atoms with Gasteiger partial charge >= 0.3 is 0 Å². The molecule has 4 heteroatoms. The van der Waals surface area contributed by atoms with Crippen LogP contribution in [0.4, 0.5) is 0 Å². The van der Waals surface area contributed by atoms with Gasteiger partial charge in [-0.3, -0.25) is 0 Å². The van der Waals surface area contributed by atoms with E-state index in [1.165, 1.54) is 0 Å². The fourth-order valence-corrected chi connectivity index (χ4v) is 2.21. The maximum atomic E-state index is 9.95. The van der Waals surface area contributed by atoms with Gasteiger partial charge in [0.1, 0.15) is 5.75 Å². The second-order valence-electron chi connectivity index (χ2n) is 3.90. The van der Waals surface area contributed by atoms with Gasteiger partial charge in [0.05, 0.1) is 23.8 Å². The number of methoxy groups -OCH3 is 1. The zero-order valence-electron chi connectivity index (χ0n) is 10.4. The molecule has 2 atom stereocenters. The van der Waals surface area contributed by atoms with Gasteiger partial charge in [-0.15, -0.1) is 0 Å². The highest BCUT2D eigenvalue weighted by atomic mass is 79.9. The molecular formula is C13H19BrO3. The molecule has 3 nitrogen and oxygen atoms in total. The Morgan fingerprint density at radius 2 is 2.12 bits per heavy atom. The first-order valence-corrected chi connectivity index (χ1v) is 6.49. The van der Waals surface area contributed by atoms with Crippen molar-refractivity contribution in [3.05, 3.63) is 28.2 Å². The number of benzene rings is 1. The standard InChI is InChI=1S/C13H19BrO3/c1-4-17-9(2)12(15)8-10-5-6-13(16-3)11(14)7-10/h5-7,9,12,15H,4,8H2,1-3H3. The van der Waals surface area contributed by atoms with Crippen molar-refractivity contribution in [1.29, 1.82) is 0 Å². The van der Waals surface area contributed by atoms with Crippen molar-refractivity contribution in [3.63, 3.8) is 0 Å². The van der Waals surface area contributed by atoms with Crippen LogP contribution in [0.25, 0.3) is 0 Å². The highest BCUT2D eigenvalue weighted by Crippen LogP contribution is 2.26. The third kappa shape index (κ3) is 4.30. The van der Waals surface area contributed by atoms with Crippen LogP contribution < -0.4 is 4.74 Å². The molecule has 1 aromatic rings. The number of ether oxygens (including phenoxy) is 2. The molecule has 0 aliphatic rings. The van der Waals surface area contributed by atoms with Gasteiger partial charge in [0.2, 0.25) is 0 Å². The molecule has 1 rings (SSSR count). The first-order valence-electron chi connectivity index (χ1n) is 5.70. The largest absolute Gasteiger partial charge is 0.496 e. The van der Waals surface area contributed by atoms with Crippen LogP contribution >= 0.6 is 15.9 Å². The average Bonchev–Trinajstić information content (AvgIpc) is 2.29. The molecule has 0 aliphatic heterocycles. The van der Waals surface area contributed by atoms with E-state index >= 15 is 0 Å². The van der Waals surface area contributed by atoms with E-state index in [-0.39, 0.29) is 6.10 Å². The summed E-state index contributed by atoms with van der Waals surface area (Å²) in [6.45, 7) is 4.42. The zero-order valence-corrected chi connectivity index (χ0v) is 12.0. The number of hydrogen-bond donors (Lipinski definition) is 1. The third-order valence-electron chi connectivity index (χ3n) is 2.63. The predicted molar refractivity (Wildman–Crippen MR) is 71.5 cm³/mol. The molecular weight excluding hydrogens is 284 g/mol. The quantitative estimate of drug-likeness (QED) is 0.878. The second-order valence-corrected chi connectivity index (χ2v) is 4.76. The van der Waals surface area contributed by atoms with Crippen molar-refractivity contribution < 1.29 is 14.6 Å². The molecule has 2 unspecified atom stereocenters. The van der Waals surface area contributed by atoms with Crippen molar-refractivity contribution in [2.45, 2.75) is 32.5 Å². The first kappa shape index (κ1) is 14.5. The lowest BCUT2D eigenvalue weighted by molar-refractivity contribution is -0.0208. The lowest BCUT2D eigenvalue weighted by Crippen LogP contribution is -2.28. The van der Waals surface area contributed by atoms with Crippen molar-refractivity contribution in [2.24, 2.45) is 0 Å². The Bertz CT molecular complexity index is 355. The van der Waals surface area contributed by atoms with E-state index in [1.807, 2.05) is 32.0 Å². The Balaban J connectivity index is 2.65. The first-order chi connectivity index (χ1) is 8.08. The Morgan fingerprint density at radius 3 is 2.65 bits per heavy atom. The van der Waals surface area contributed by atoms with Crippen LogP contribution in [0.1, 0.15) is 19.4 Å². The summed E-state index contributed by atoms with van der Waals surface area (Å²) in [6.07, 6.45) is -0.0693. The van der Waals surface area contributed by atoms with Crippen LogP contribution in [-0.4, -0.2) is 31.0 Å². The summed E-state index contributed by atoms with van der Waals surface area (Å²) >= 11 is 3.43. The van der Waals surface area contributed by atoms with E-state index in [9.17, 15) is 5.11 Å². The van der Waals surface area contributed by atoms with Gasteiger partial charge in [-0.05, 0) is 47.5 Å². The molecule has 0 heterocycles. The van der Waals surface area contributed by atoms with Crippen molar-refractivity contribution in [3.8, 4) is 5.75 Å². The van der Waals surface area contributed by atoms with E-state index in [0.717, 1.165) is 15.8 Å². The highest BCUT2D eigenvalue weighted by Gasteiger charge is 2.15. The summed E-state index contributed by atoms with van der Waals surface area (Å²) in [7, 11) is 1.63. The number of aliphatic hydroxyl groups is 1. The van der Waals surface area contributed by atoms with Gasteiger partial charge < -0.3 is 14.6 Å². The Morgan fingerprint density at radius 1 is 1.41 bits per heavy atom. The van der Waals surface area contributed by atoms with Crippen molar-refractivity contribution in [2.75, 3.05) is 13.7 Å². The van der Waals surface area contributed by atoms with Crippen LogP contribution in [-0.2, 0) is 11.2 Å². The van der Waals surface area contributed by atoms with E-state index in [0.29, 0.717) is 13.0 Å². The zero-order chi connectivity index (χ0) is 12.8. The monoisotopic (exact) mass is 302 g/mol. The van der Waals surface area contributed by atoms with Gasteiger partial charge in [0.25, 0.3) is 0 Å². The third-order valence-corrected chi connectivity index (χ3v) is 3.25. The molecule has 0 radical (unpaired) electrons. The van der Waals surface area contributed by atoms with Gasteiger partial charge in [-0.1, -0.05) is 6.07 Å². The molecule has 0 spiro atoms. The lowest BCUT2D eigenvalue weighted by Gasteiger charge is -2.19. The second kappa shape index (κ2) is 6.99. The van der Waals surface area contributed by atoms with Crippen LogP contribution in [0.15, 0.2) is 22.7 Å². The molecule has 0 aliphatic carbocycles. The average molecular weight is 303 g/mol. The summed E-state index contributed by atoms with van der Waals surface area (Å²) in [5.41, 5.74) is 1.05. The highest BCUT2D eigenvalue weighted by molar-refractivity contribution is 9.10. The summed E-state index contributed by atoms with van der Waals surface area (Å²) < 4.78 is 11.4. The molecule has 1 aromatic carbocycles. The Hall–Kier alpha value is -0.580. The fraction of sp³-hybridized carbons (Fsp3) is 0.538. The topological polar surface area (TPSA) is 38.7 Å². The smallest absolute Gasteiger partial charge is 0.133 e. The van der Waals surface area contributed by atoms with Crippen molar-refractivity contribution >= 4 is 15.9 Å². The molecule has 0 saturated heterocycles. The van der Waals surface area contributed by atoms with E-state index in [2.05, 4.69) is 15.9 Å². The Labute approximate surface area is 111 Å². The molecule has 96 valence electrons. The Kier molecular flexibility index (Phi) is 5.95. The minimum atomic E-state index is -0.491. The van der Waals surface area contributed by atoms with Crippen LogP contribution in [0.3, 0.4) is 0 Å². The summed E-state index contributed by atoms with van der Waals surface area (Å²) in [5.74, 6) is 0.793.